The molecule has 0 saturated carbocycles. The van der Waals surface area contributed by atoms with Crippen molar-refractivity contribution in [3.8, 4) is 17.0 Å². The number of nitrogens with one attached hydrogen (secondary N) is 1. The highest BCUT2D eigenvalue weighted by Gasteiger charge is 2.30. The maximum Gasteiger partial charge on any atom is 0.294 e. The van der Waals surface area contributed by atoms with E-state index in [4.69, 9.17) is 4.74 Å². The Balaban J connectivity index is 1.46. The van der Waals surface area contributed by atoms with Crippen LogP contribution in [0.1, 0.15) is 6.42 Å². The van der Waals surface area contributed by atoms with Gasteiger partial charge in [-0.15, -0.1) is 0 Å². The Hall–Kier alpha value is -4.25. The standard InChI is InChI=1S/C25H28N8O3/c1-30(2)18-7-8-32(14-18)22-12-24(36-4)20(10-23(22)33(34)35)29-25-11-19(26-15-27-25)16-5-6-21-17(9-16)13-28-31(21)3/h5-6,9-13,15,18H,7-8,14H2,1-4H3,(H,26,27,29). The number of fused-ring (bicyclic) bond motifs is 1. The van der Waals surface area contributed by atoms with Crippen molar-refractivity contribution in [2.24, 2.45) is 7.05 Å². The molecule has 1 fully saturated rings. The molecular weight excluding hydrogens is 460 g/mol. The van der Waals surface area contributed by atoms with Crippen LogP contribution in [0.4, 0.5) is 22.9 Å². The number of nitro benzene ring substituents is 1. The van der Waals surface area contributed by atoms with Crippen LogP contribution in [0.3, 0.4) is 0 Å². The molecule has 0 bridgehead atoms. The van der Waals surface area contributed by atoms with Crippen molar-refractivity contribution in [2.45, 2.75) is 12.5 Å². The minimum atomic E-state index is -0.350. The maximum atomic E-state index is 12.0. The molecule has 0 aliphatic carbocycles. The van der Waals surface area contributed by atoms with Crippen molar-refractivity contribution in [1.82, 2.24) is 24.6 Å². The molecule has 5 rings (SSSR count). The number of hydrogen-bond acceptors (Lipinski definition) is 9. The van der Waals surface area contributed by atoms with Crippen LogP contribution >= 0.6 is 0 Å². The number of nitro groups is 1. The van der Waals surface area contributed by atoms with Crippen molar-refractivity contribution in [3.63, 3.8) is 0 Å². The van der Waals surface area contributed by atoms with E-state index in [1.54, 1.807) is 19.2 Å². The van der Waals surface area contributed by atoms with Crippen LogP contribution in [0.15, 0.2) is 48.9 Å². The number of nitrogens with zero attached hydrogens (tertiary/aromatic N) is 7. The molecule has 36 heavy (non-hydrogen) atoms. The molecule has 1 N–H and O–H groups in total. The number of rotatable bonds is 7. The molecule has 0 amide bonds. The second kappa shape index (κ2) is 9.42. The van der Waals surface area contributed by atoms with E-state index in [1.807, 2.05) is 55.1 Å². The van der Waals surface area contributed by atoms with E-state index in [0.29, 0.717) is 29.0 Å². The molecule has 1 unspecified atom stereocenters. The zero-order valence-electron chi connectivity index (χ0n) is 20.7. The summed E-state index contributed by atoms with van der Waals surface area (Å²) in [6.45, 7) is 1.47. The first-order valence-corrected chi connectivity index (χ1v) is 11.6. The van der Waals surface area contributed by atoms with E-state index in [9.17, 15) is 10.1 Å². The average Bonchev–Trinajstić information content (AvgIpc) is 3.51. The third kappa shape index (κ3) is 4.40. The van der Waals surface area contributed by atoms with Gasteiger partial charge in [-0.25, -0.2) is 9.97 Å². The van der Waals surface area contributed by atoms with E-state index in [0.717, 1.165) is 41.7 Å². The molecule has 2 aromatic heterocycles. The number of aryl methyl sites for hydroxylation is 1. The molecule has 2 aromatic carbocycles. The fraction of sp³-hybridized carbons (Fsp3) is 0.320. The van der Waals surface area contributed by atoms with Crippen LogP contribution in [0.2, 0.25) is 0 Å². The lowest BCUT2D eigenvalue weighted by Gasteiger charge is -2.23. The lowest BCUT2D eigenvalue weighted by atomic mass is 10.1. The molecule has 1 atom stereocenters. The number of anilines is 3. The molecule has 11 heteroatoms. The zero-order chi connectivity index (χ0) is 25.4. The van der Waals surface area contributed by atoms with Gasteiger partial charge in [0.2, 0.25) is 0 Å². The predicted molar refractivity (Wildman–Crippen MR) is 139 cm³/mol. The van der Waals surface area contributed by atoms with Crippen LogP contribution in [-0.2, 0) is 7.05 Å². The Labute approximate surface area is 208 Å². The van der Waals surface area contributed by atoms with Crippen LogP contribution in [0.5, 0.6) is 5.75 Å². The summed E-state index contributed by atoms with van der Waals surface area (Å²) < 4.78 is 7.43. The van der Waals surface area contributed by atoms with Gasteiger partial charge in [-0.05, 0) is 32.6 Å². The molecule has 1 aliphatic rings. The minimum Gasteiger partial charge on any atom is -0.494 e. The quantitative estimate of drug-likeness (QED) is 0.306. The number of ether oxygens (including phenoxy) is 1. The Kier molecular flexibility index (Phi) is 6.15. The van der Waals surface area contributed by atoms with Crippen LogP contribution in [0.25, 0.3) is 22.2 Å². The molecule has 186 valence electrons. The molecule has 1 saturated heterocycles. The maximum absolute atomic E-state index is 12.0. The largest absolute Gasteiger partial charge is 0.494 e. The summed E-state index contributed by atoms with van der Waals surface area (Å²) in [4.78, 5) is 24.6. The summed E-state index contributed by atoms with van der Waals surface area (Å²) >= 11 is 0. The summed E-state index contributed by atoms with van der Waals surface area (Å²) in [6.07, 6.45) is 4.22. The van der Waals surface area contributed by atoms with Crippen molar-refractivity contribution in [2.75, 3.05) is 44.5 Å². The SMILES string of the molecule is COc1cc(N2CCC(N(C)C)C2)c([N+](=O)[O-])cc1Nc1cc(-c2ccc3c(cnn3C)c2)ncn1. The molecule has 3 heterocycles. The lowest BCUT2D eigenvalue weighted by Crippen LogP contribution is -2.31. The molecule has 0 radical (unpaired) electrons. The summed E-state index contributed by atoms with van der Waals surface area (Å²) in [5.74, 6) is 1.00. The van der Waals surface area contributed by atoms with E-state index < -0.39 is 0 Å². The highest BCUT2D eigenvalue weighted by atomic mass is 16.6. The van der Waals surface area contributed by atoms with Gasteiger partial charge in [0, 0.05) is 55.3 Å². The second-order valence-electron chi connectivity index (χ2n) is 9.11. The third-order valence-corrected chi connectivity index (χ3v) is 6.70. The molecule has 1 aliphatic heterocycles. The van der Waals surface area contributed by atoms with Crippen molar-refractivity contribution in [3.05, 3.63) is 59.0 Å². The van der Waals surface area contributed by atoms with Gasteiger partial charge in [-0.3, -0.25) is 14.8 Å². The van der Waals surface area contributed by atoms with Crippen molar-refractivity contribution in [1.29, 1.82) is 0 Å². The van der Waals surface area contributed by atoms with Crippen LogP contribution < -0.4 is 15.0 Å². The smallest absolute Gasteiger partial charge is 0.294 e. The van der Waals surface area contributed by atoms with Gasteiger partial charge in [0.05, 0.1) is 35.1 Å². The minimum absolute atomic E-state index is 0.0222. The Bertz CT molecular complexity index is 1430. The summed E-state index contributed by atoms with van der Waals surface area (Å²) in [6, 6.07) is 11.4. The Morgan fingerprint density at radius 3 is 2.75 bits per heavy atom. The number of methoxy groups -OCH3 is 1. The van der Waals surface area contributed by atoms with Gasteiger partial charge >= 0.3 is 0 Å². The number of hydrogen-bond donors (Lipinski definition) is 1. The van der Waals surface area contributed by atoms with Gasteiger partial charge in [-0.2, -0.15) is 5.10 Å². The van der Waals surface area contributed by atoms with Crippen molar-refractivity contribution >= 4 is 33.8 Å². The van der Waals surface area contributed by atoms with Crippen LogP contribution in [0, 0.1) is 10.1 Å². The average molecular weight is 489 g/mol. The molecule has 4 aromatic rings. The highest BCUT2D eigenvalue weighted by Crippen LogP contribution is 2.41. The van der Waals surface area contributed by atoms with E-state index in [1.165, 1.54) is 12.4 Å². The van der Waals surface area contributed by atoms with E-state index in [2.05, 4.69) is 25.3 Å². The third-order valence-electron chi connectivity index (χ3n) is 6.70. The normalized spacial score (nSPS) is 15.6. The molecule has 11 nitrogen and oxygen atoms in total. The summed E-state index contributed by atoms with van der Waals surface area (Å²) in [5.41, 5.74) is 3.70. The highest BCUT2D eigenvalue weighted by molar-refractivity contribution is 5.84. The fourth-order valence-corrected chi connectivity index (χ4v) is 4.65. The van der Waals surface area contributed by atoms with Gasteiger partial charge in [0.15, 0.2) is 0 Å². The van der Waals surface area contributed by atoms with Gasteiger partial charge in [0.1, 0.15) is 23.6 Å². The molecular formula is C25H28N8O3. The first-order valence-electron chi connectivity index (χ1n) is 11.6. The Morgan fingerprint density at radius 1 is 1.19 bits per heavy atom. The van der Waals surface area contributed by atoms with E-state index in [-0.39, 0.29) is 10.6 Å². The predicted octanol–water partition coefficient (Wildman–Crippen LogP) is 3.83. The van der Waals surface area contributed by atoms with Crippen molar-refractivity contribution < 1.29 is 9.66 Å². The Morgan fingerprint density at radius 2 is 2.03 bits per heavy atom. The number of benzene rings is 2. The topological polar surface area (TPSA) is 114 Å². The summed E-state index contributed by atoms with van der Waals surface area (Å²) in [7, 11) is 7.51. The fourth-order valence-electron chi connectivity index (χ4n) is 4.65. The monoisotopic (exact) mass is 488 g/mol. The lowest BCUT2D eigenvalue weighted by molar-refractivity contribution is -0.384. The van der Waals surface area contributed by atoms with Gasteiger partial charge in [-0.1, -0.05) is 6.07 Å². The summed E-state index contributed by atoms with van der Waals surface area (Å²) in [5, 5.41) is 20.5. The number of aromatic nitrogens is 4. The first kappa shape index (κ1) is 23.5. The van der Waals surface area contributed by atoms with Crippen LogP contribution in [-0.4, -0.2) is 69.9 Å². The number of likely N-dealkylation sites (N-methyl/N-ethyl adjacent to an activating group) is 1. The first-order chi connectivity index (χ1) is 17.3. The van der Waals surface area contributed by atoms with E-state index >= 15 is 0 Å². The van der Waals surface area contributed by atoms with Gasteiger partial charge < -0.3 is 19.9 Å². The second-order valence-corrected chi connectivity index (χ2v) is 9.11. The van der Waals surface area contributed by atoms with Gasteiger partial charge in [0.25, 0.3) is 5.69 Å². The molecule has 0 spiro atoms. The zero-order valence-corrected chi connectivity index (χ0v) is 20.7.